The van der Waals surface area contributed by atoms with Crippen molar-refractivity contribution in [2.24, 2.45) is 0 Å². The van der Waals surface area contributed by atoms with Crippen LogP contribution in [-0.2, 0) is 11.2 Å². The predicted octanol–water partition coefficient (Wildman–Crippen LogP) is 3.29. The van der Waals surface area contributed by atoms with Gasteiger partial charge in [0, 0.05) is 11.8 Å². The van der Waals surface area contributed by atoms with Gasteiger partial charge in [0.15, 0.2) is 5.75 Å². The van der Waals surface area contributed by atoms with Gasteiger partial charge in [-0.25, -0.2) is 4.98 Å². The summed E-state index contributed by atoms with van der Waals surface area (Å²) in [6, 6.07) is 10.5. The number of para-hydroxylation sites is 1. The molecule has 0 aliphatic rings. The van der Waals surface area contributed by atoms with Gasteiger partial charge in [0.05, 0.1) is 12.5 Å². The fourth-order valence-electron chi connectivity index (χ4n) is 1.81. The molecule has 2 aromatic rings. The van der Waals surface area contributed by atoms with Crippen LogP contribution in [0.2, 0.25) is 0 Å². The minimum atomic E-state index is -0.911. The second-order valence-corrected chi connectivity index (χ2v) is 4.75. The van der Waals surface area contributed by atoms with E-state index in [1.807, 2.05) is 13.8 Å². The Morgan fingerprint density at radius 1 is 1.19 bits per heavy atom. The van der Waals surface area contributed by atoms with E-state index in [4.69, 9.17) is 14.6 Å². The third-order valence-electron chi connectivity index (χ3n) is 2.62. The van der Waals surface area contributed by atoms with Gasteiger partial charge < -0.3 is 14.6 Å². The van der Waals surface area contributed by atoms with Gasteiger partial charge in [-0.15, -0.1) is 0 Å². The molecule has 0 aliphatic carbocycles. The minimum Gasteiger partial charge on any atom is -0.485 e. The maximum Gasteiger partial charge on any atom is 0.307 e. The molecule has 0 amide bonds. The van der Waals surface area contributed by atoms with Crippen molar-refractivity contribution < 1.29 is 19.4 Å². The van der Waals surface area contributed by atoms with Crippen LogP contribution in [0.4, 0.5) is 0 Å². The first-order chi connectivity index (χ1) is 10.1. The number of ether oxygens (including phenoxy) is 2. The van der Waals surface area contributed by atoms with Crippen molar-refractivity contribution in [3.8, 4) is 17.4 Å². The fourth-order valence-corrected chi connectivity index (χ4v) is 1.81. The zero-order chi connectivity index (χ0) is 15.2. The van der Waals surface area contributed by atoms with Crippen LogP contribution in [-0.4, -0.2) is 22.2 Å². The molecule has 0 saturated carbocycles. The monoisotopic (exact) mass is 287 g/mol. The lowest BCUT2D eigenvalue weighted by Gasteiger charge is -2.14. The first-order valence-electron chi connectivity index (χ1n) is 6.65. The van der Waals surface area contributed by atoms with E-state index in [0.717, 1.165) is 0 Å². The topological polar surface area (TPSA) is 68.7 Å². The second-order valence-electron chi connectivity index (χ2n) is 4.75. The highest BCUT2D eigenvalue weighted by Gasteiger charge is 2.13. The van der Waals surface area contributed by atoms with Gasteiger partial charge in [0.1, 0.15) is 5.75 Å². The molecule has 0 unspecified atom stereocenters. The molecule has 5 nitrogen and oxygen atoms in total. The first-order valence-corrected chi connectivity index (χ1v) is 6.65. The zero-order valence-electron chi connectivity index (χ0n) is 11.9. The normalized spacial score (nSPS) is 10.4. The molecule has 0 spiro atoms. The van der Waals surface area contributed by atoms with Crippen molar-refractivity contribution in [1.29, 1.82) is 0 Å². The summed E-state index contributed by atoms with van der Waals surface area (Å²) in [6.45, 7) is 3.82. The number of carboxylic acid groups (broad SMARTS) is 1. The Morgan fingerprint density at radius 3 is 2.62 bits per heavy atom. The fraction of sp³-hybridized carbons (Fsp3) is 0.250. The molecule has 0 bridgehead atoms. The van der Waals surface area contributed by atoms with E-state index in [1.165, 1.54) is 0 Å². The Hall–Kier alpha value is -2.56. The molecule has 1 N–H and O–H groups in total. The first kappa shape index (κ1) is 14.8. The van der Waals surface area contributed by atoms with Crippen molar-refractivity contribution in [3.63, 3.8) is 0 Å². The van der Waals surface area contributed by atoms with E-state index in [1.54, 1.807) is 42.6 Å². The van der Waals surface area contributed by atoms with E-state index >= 15 is 0 Å². The second kappa shape index (κ2) is 6.74. The van der Waals surface area contributed by atoms with Crippen LogP contribution < -0.4 is 9.47 Å². The lowest BCUT2D eigenvalue weighted by atomic mass is 10.1. The quantitative estimate of drug-likeness (QED) is 0.883. The third-order valence-corrected chi connectivity index (χ3v) is 2.62. The van der Waals surface area contributed by atoms with Gasteiger partial charge in [-0.1, -0.05) is 18.2 Å². The average Bonchev–Trinajstić information content (AvgIpc) is 2.42. The van der Waals surface area contributed by atoms with Crippen LogP contribution in [0, 0.1) is 0 Å². The lowest BCUT2D eigenvalue weighted by molar-refractivity contribution is -0.136. The molecule has 0 saturated heterocycles. The number of aromatic nitrogens is 1. The van der Waals surface area contributed by atoms with Crippen molar-refractivity contribution >= 4 is 5.97 Å². The standard InChI is InChI=1S/C16H17NO4/c1-11(2)20-14-8-5-9-17-16(14)21-13-7-4-3-6-12(13)10-15(18)19/h3-9,11H,10H2,1-2H3,(H,18,19). The molecular formula is C16H17NO4. The Labute approximate surface area is 123 Å². The molecule has 0 radical (unpaired) electrons. The summed E-state index contributed by atoms with van der Waals surface area (Å²) in [6.07, 6.45) is 1.48. The van der Waals surface area contributed by atoms with Gasteiger partial charge in [0.2, 0.25) is 0 Å². The number of pyridine rings is 1. The molecule has 1 heterocycles. The van der Waals surface area contributed by atoms with Crippen molar-refractivity contribution in [2.75, 3.05) is 0 Å². The van der Waals surface area contributed by atoms with E-state index < -0.39 is 5.97 Å². The number of hydrogen-bond donors (Lipinski definition) is 1. The molecule has 0 aliphatic heterocycles. The Morgan fingerprint density at radius 2 is 1.90 bits per heavy atom. The lowest BCUT2D eigenvalue weighted by Crippen LogP contribution is -2.07. The smallest absolute Gasteiger partial charge is 0.307 e. The molecule has 5 heteroatoms. The van der Waals surface area contributed by atoms with Gasteiger partial charge in [0.25, 0.3) is 5.88 Å². The van der Waals surface area contributed by atoms with Crippen molar-refractivity contribution in [2.45, 2.75) is 26.4 Å². The number of aliphatic carboxylic acids is 1. The number of hydrogen-bond acceptors (Lipinski definition) is 4. The number of carbonyl (C=O) groups is 1. The molecule has 1 aromatic carbocycles. The van der Waals surface area contributed by atoms with Gasteiger partial charge in [-0.3, -0.25) is 4.79 Å². The minimum absolute atomic E-state index is 0.00851. The van der Waals surface area contributed by atoms with E-state index in [2.05, 4.69) is 4.98 Å². The van der Waals surface area contributed by atoms with Gasteiger partial charge in [-0.05, 0) is 32.0 Å². The zero-order valence-corrected chi connectivity index (χ0v) is 11.9. The van der Waals surface area contributed by atoms with Crippen LogP contribution >= 0.6 is 0 Å². The van der Waals surface area contributed by atoms with E-state index in [0.29, 0.717) is 22.9 Å². The summed E-state index contributed by atoms with van der Waals surface area (Å²) in [5, 5.41) is 8.94. The number of benzene rings is 1. The van der Waals surface area contributed by atoms with Gasteiger partial charge in [-0.2, -0.15) is 0 Å². The van der Waals surface area contributed by atoms with Crippen molar-refractivity contribution in [3.05, 3.63) is 48.2 Å². The summed E-state index contributed by atoms with van der Waals surface area (Å²) in [4.78, 5) is 15.0. The molecule has 0 atom stereocenters. The van der Waals surface area contributed by atoms with Gasteiger partial charge >= 0.3 is 5.97 Å². The molecule has 110 valence electrons. The largest absolute Gasteiger partial charge is 0.485 e. The summed E-state index contributed by atoms with van der Waals surface area (Å²) in [5.74, 6) is 0.402. The Kier molecular flexibility index (Phi) is 4.77. The maximum absolute atomic E-state index is 10.9. The molecule has 21 heavy (non-hydrogen) atoms. The van der Waals surface area contributed by atoms with Crippen LogP contribution in [0.25, 0.3) is 0 Å². The van der Waals surface area contributed by atoms with E-state index in [-0.39, 0.29) is 12.5 Å². The molecule has 0 fully saturated rings. The Bertz CT molecular complexity index is 625. The summed E-state index contributed by atoms with van der Waals surface area (Å²) < 4.78 is 11.4. The number of carboxylic acids is 1. The average molecular weight is 287 g/mol. The Balaban J connectivity index is 2.28. The highest BCUT2D eigenvalue weighted by atomic mass is 16.5. The third kappa shape index (κ3) is 4.21. The molecule has 1 aromatic heterocycles. The van der Waals surface area contributed by atoms with Crippen molar-refractivity contribution in [1.82, 2.24) is 4.98 Å². The number of rotatable bonds is 6. The van der Waals surface area contributed by atoms with Crippen LogP contribution in [0.3, 0.4) is 0 Å². The highest BCUT2D eigenvalue weighted by Crippen LogP contribution is 2.31. The summed E-state index contributed by atoms with van der Waals surface area (Å²) >= 11 is 0. The maximum atomic E-state index is 10.9. The van der Waals surface area contributed by atoms with E-state index in [9.17, 15) is 4.79 Å². The molecule has 2 rings (SSSR count). The number of nitrogens with zero attached hydrogens (tertiary/aromatic N) is 1. The van der Waals surface area contributed by atoms with Crippen LogP contribution in [0.1, 0.15) is 19.4 Å². The molecular weight excluding hydrogens is 270 g/mol. The highest BCUT2D eigenvalue weighted by molar-refractivity contribution is 5.71. The summed E-state index contributed by atoms with van der Waals surface area (Å²) in [5.41, 5.74) is 0.589. The SMILES string of the molecule is CC(C)Oc1cccnc1Oc1ccccc1CC(=O)O. The predicted molar refractivity (Wildman–Crippen MR) is 77.9 cm³/mol. The van der Waals surface area contributed by atoms with Crippen LogP contribution in [0.15, 0.2) is 42.6 Å². The summed E-state index contributed by atoms with van der Waals surface area (Å²) in [7, 11) is 0. The van der Waals surface area contributed by atoms with Crippen LogP contribution in [0.5, 0.6) is 17.4 Å².